The minimum absolute atomic E-state index is 0.580. The van der Waals surface area contributed by atoms with Crippen LogP contribution in [0.25, 0.3) is 11.3 Å². The summed E-state index contributed by atoms with van der Waals surface area (Å²) in [6.07, 6.45) is 3.88. The number of aromatic nitrogens is 2. The fraction of sp³-hybridized carbons (Fsp3) is 0.400. The van der Waals surface area contributed by atoms with Crippen molar-refractivity contribution in [2.45, 2.75) is 32.3 Å². The van der Waals surface area contributed by atoms with E-state index in [4.69, 9.17) is 4.74 Å². The van der Waals surface area contributed by atoms with Gasteiger partial charge in [0.15, 0.2) is 0 Å². The summed E-state index contributed by atoms with van der Waals surface area (Å²) in [4.78, 5) is 7.41. The lowest BCUT2D eigenvalue weighted by atomic mass is 10.0. The van der Waals surface area contributed by atoms with E-state index in [0.717, 1.165) is 36.5 Å². The average Bonchev–Trinajstić information content (AvgIpc) is 2.87. The maximum Gasteiger partial charge on any atom is 0.138 e. The molecule has 1 aliphatic heterocycles. The highest BCUT2D eigenvalue weighted by molar-refractivity contribution is 5.62. The Morgan fingerprint density at radius 3 is 2.95 bits per heavy atom. The van der Waals surface area contributed by atoms with Gasteiger partial charge in [-0.05, 0) is 50.5 Å². The summed E-state index contributed by atoms with van der Waals surface area (Å²) in [5.41, 5.74) is 2.29. The third-order valence-electron chi connectivity index (χ3n) is 3.37. The number of benzene rings is 1. The van der Waals surface area contributed by atoms with Crippen molar-refractivity contribution in [3.8, 4) is 17.0 Å². The normalized spacial score (nSPS) is 14.9. The summed E-state index contributed by atoms with van der Waals surface area (Å²) in [7, 11) is 0. The molecule has 0 fully saturated rings. The summed E-state index contributed by atoms with van der Waals surface area (Å²) in [6.45, 7) is 4.24. The molecule has 0 saturated heterocycles. The zero-order valence-electron chi connectivity index (χ0n) is 11.2. The van der Waals surface area contributed by atoms with Crippen LogP contribution in [0.4, 0.5) is 0 Å². The molecular formula is C15H18N2O2. The van der Waals surface area contributed by atoms with Gasteiger partial charge in [-0.2, -0.15) is 0 Å². The Hall–Kier alpha value is -1.81. The van der Waals surface area contributed by atoms with Gasteiger partial charge >= 0.3 is 0 Å². The van der Waals surface area contributed by atoms with Crippen LogP contribution in [0.15, 0.2) is 24.4 Å². The second kappa shape index (κ2) is 4.38. The number of hydrogen-bond donors (Lipinski definition) is 2. The average molecular weight is 258 g/mol. The molecule has 0 unspecified atom stereocenters. The summed E-state index contributed by atoms with van der Waals surface area (Å²) < 4.78 is 5.61. The SMILES string of the molecule is CC(C)(O)c1ncc(-c2ccc3c(c2)CCCO3)[nH]1. The van der Waals surface area contributed by atoms with Gasteiger partial charge < -0.3 is 14.8 Å². The largest absolute Gasteiger partial charge is 0.493 e. The minimum atomic E-state index is -0.949. The van der Waals surface area contributed by atoms with E-state index >= 15 is 0 Å². The topological polar surface area (TPSA) is 58.1 Å². The fourth-order valence-electron chi connectivity index (χ4n) is 2.31. The van der Waals surface area contributed by atoms with E-state index in [-0.39, 0.29) is 0 Å². The first kappa shape index (κ1) is 12.2. The summed E-state index contributed by atoms with van der Waals surface area (Å²) in [5, 5.41) is 9.93. The lowest BCUT2D eigenvalue weighted by Crippen LogP contribution is -2.17. The highest BCUT2D eigenvalue weighted by atomic mass is 16.5. The molecule has 4 nitrogen and oxygen atoms in total. The molecule has 0 spiro atoms. The molecule has 0 bridgehead atoms. The maximum atomic E-state index is 9.93. The third kappa shape index (κ3) is 2.36. The number of aryl methyl sites for hydroxylation is 1. The predicted octanol–water partition coefficient (Wildman–Crippen LogP) is 2.63. The van der Waals surface area contributed by atoms with Gasteiger partial charge in [-0.25, -0.2) is 4.98 Å². The van der Waals surface area contributed by atoms with Crippen LogP contribution in [0, 0.1) is 0 Å². The van der Waals surface area contributed by atoms with Crippen LogP contribution in [0.2, 0.25) is 0 Å². The molecule has 2 N–H and O–H groups in total. The first-order valence-electron chi connectivity index (χ1n) is 6.58. The summed E-state index contributed by atoms with van der Waals surface area (Å²) in [6, 6.07) is 6.16. The highest BCUT2D eigenvalue weighted by Crippen LogP contribution is 2.30. The van der Waals surface area contributed by atoms with E-state index in [2.05, 4.69) is 16.0 Å². The molecule has 0 radical (unpaired) electrons. The standard InChI is InChI=1S/C15H18N2O2/c1-15(2,18)14-16-9-12(17-14)10-5-6-13-11(8-10)4-3-7-19-13/h5-6,8-9,18H,3-4,7H2,1-2H3,(H,16,17). The van der Waals surface area contributed by atoms with Crippen molar-refractivity contribution in [2.75, 3.05) is 6.61 Å². The van der Waals surface area contributed by atoms with Crippen LogP contribution < -0.4 is 4.74 Å². The molecule has 1 aromatic carbocycles. The second-order valence-electron chi connectivity index (χ2n) is 5.48. The number of aromatic amines is 1. The van der Waals surface area contributed by atoms with Crippen LogP contribution in [-0.2, 0) is 12.0 Å². The van der Waals surface area contributed by atoms with Crippen LogP contribution >= 0.6 is 0 Å². The molecular weight excluding hydrogens is 240 g/mol. The molecule has 2 aromatic rings. The zero-order chi connectivity index (χ0) is 13.5. The van der Waals surface area contributed by atoms with E-state index in [0.29, 0.717) is 5.82 Å². The van der Waals surface area contributed by atoms with Crippen LogP contribution in [0.3, 0.4) is 0 Å². The number of fused-ring (bicyclic) bond motifs is 1. The van der Waals surface area contributed by atoms with E-state index in [1.54, 1.807) is 20.0 Å². The fourth-order valence-corrected chi connectivity index (χ4v) is 2.31. The number of nitrogens with one attached hydrogen (secondary N) is 1. The van der Waals surface area contributed by atoms with Crippen molar-refractivity contribution < 1.29 is 9.84 Å². The van der Waals surface area contributed by atoms with Gasteiger partial charge in [-0.15, -0.1) is 0 Å². The lowest BCUT2D eigenvalue weighted by molar-refractivity contribution is 0.0697. The Balaban J connectivity index is 1.96. The number of rotatable bonds is 2. The third-order valence-corrected chi connectivity index (χ3v) is 3.37. The Bertz CT molecular complexity index is 596. The van der Waals surface area contributed by atoms with Gasteiger partial charge in [0, 0.05) is 5.56 Å². The van der Waals surface area contributed by atoms with Crippen molar-refractivity contribution >= 4 is 0 Å². The van der Waals surface area contributed by atoms with Crippen molar-refractivity contribution in [3.05, 3.63) is 35.8 Å². The number of ether oxygens (including phenoxy) is 1. The van der Waals surface area contributed by atoms with Crippen molar-refractivity contribution in [2.24, 2.45) is 0 Å². The molecule has 3 rings (SSSR count). The first-order chi connectivity index (χ1) is 9.04. The number of aliphatic hydroxyl groups is 1. The molecule has 19 heavy (non-hydrogen) atoms. The summed E-state index contributed by atoms with van der Waals surface area (Å²) in [5.74, 6) is 1.56. The van der Waals surface area contributed by atoms with Crippen LogP contribution in [-0.4, -0.2) is 21.7 Å². The predicted molar refractivity (Wildman–Crippen MR) is 73.1 cm³/mol. The first-order valence-corrected chi connectivity index (χ1v) is 6.58. The molecule has 1 aliphatic rings. The number of nitrogens with zero attached hydrogens (tertiary/aromatic N) is 1. The lowest BCUT2D eigenvalue weighted by Gasteiger charge is -2.17. The Kier molecular flexibility index (Phi) is 2.82. The smallest absolute Gasteiger partial charge is 0.138 e. The van der Waals surface area contributed by atoms with Crippen molar-refractivity contribution in [1.82, 2.24) is 9.97 Å². The Morgan fingerprint density at radius 1 is 1.37 bits per heavy atom. The highest BCUT2D eigenvalue weighted by Gasteiger charge is 2.20. The molecule has 0 aliphatic carbocycles. The van der Waals surface area contributed by atoms with Crippen LogP contribution in [0.1, 0.15) is 31.7 Å². The van der Waals surface area contributed by atoms with E-state index in [1.807, 2.05) is 12.1 Å². The zero-order valence-corrected chi connectivity index (χ0v) is 11.2. The molecule has 1 aromatic heterocycles. The van der Waals surface area contributed by atoms with E-state index in [9.17, 15) is 5.11 Å². The van der Waals surface area contributed by atoms with Crippen molar-refractivity contribution in [3.63, 3.8) is 0 Å². The molecule has 2 heterocycles. The number of H-pyrrole nitrogens is 1. The van der Waals surface area contributed by atoms with Gasteiger partial charge in [0.25, 0.3) is 0 Å². The van der Waals surface area contributed by atoms with Gasteiger partial charge in [0.05, 0.1) is 18.5 Å². The van der Waals surface area contributed by atoms with Gasteiger partial charge in [0.1, 0.15) is 17.2 Å². The molecule has 4 heteroatoms. The monoisotopic (exact) mass is 258 g/mol. The van der Waals surface area contributed by atoms with Gasteiger partial charge in [-0.1, -0.05) is 0 Å². The minimum Gasteiger partial charge on any atom is -0.493 e. The molecule has 0 atom stereocenters. The second-order valence-corrected chi connectivity index (χ2v) is 5.48. The molecule has 100 valence electrons. The van der Waals surface area contributed by atoms with E-state index in [1.165, 1.54) is 5.56 Å². The number of imidazole rings is 1. The van der Waals surface area contributed by atoms with Crippen molar-refractivity contribution in [1.29, 1.82) is 0 Å². The maximum absolute atomic E-state index is 9.93. The summed E-state index contributed by atoms with van der Waals surface area (Å²) >= 11 is 0. The van der Waals surface area contributed by atoms with E-state index < -0.39 is 5.60 Å². The Morgan fingerprint density at radius 2 is 2.21 bits per heavy atom. The van der Waals surface area contributed by atoms with Gasteiger partial charge in [-0.3, -0.25) is 0 Å². The quantitative estimate of drug-likeness (QED) is 0.870. The number of hydrogen-bond acceptors (Lipinski definition) is 3. The molecule has 0 amide bonds. The van der Waals surface area contributed by atoms with Crippen LogP contribution in [0.5, 0.6) is 5.75 Å². The van der Waals surface area contributed by atoms with Gasteiger partial charge in [0.2, 0.25) is 0 Å². The molecule has 0 saturated carbocycles. The Labute approximate surface area is 112 Å².